The molecule has 0 aliphatic carbocycles. The Morgan fingerprint density at radius 2 is 0.934 bits per heavy atom. The Morgan fingerprint density at radius 3 is 1.34 bits per heavy atom. The normalized spacial score (nSPS) is 14.3. The summed E-state index contributed by atoms with van der Waals surface area (Å²) in [6.45, 7) is 4.90. The minimum absolute atomic E-state index is 0.0759. The van der Waals surface area contributed by atoms with Gasteiger partial charge in [0.1, 0.15) is 13.2 Å². The number of carbonyl (C=O) groups is 1. The number of amides is 1. The molecule has 0 aliphatic rings. The molecule has 61 heavy (non-hydrogen) atoms. The summed E-state index contributed by atoms with van der Waals surface area (Å²) in [4.78, 5) is 23.2. The molecule has 0 saturated heterocycles. The second-order valence-corrected chi connectivity index (χ2v) is 20.7. The second kappa shape index (κ2) is 44.2. The van der Waals surface area contributed by atoms with E-state index in [0.29, 0.717) is 23.9 Å². The number of likely N-dealkylation sites (N-methyl/N-ethyl adjacent to an activating group) is 1. The molecule has 0 bridgehead atoms. The van der Waals surface area contributed by atoms with Crippen LogP contribution < -0.4 is 5.32 Å². The molecule has 0 aromatic carbocycles. The van der Waals surface area contributed by atoms with Gasteiger partial charge in [0.05, 0.1) is 39.9 Å². The molecule has 0 fully saturated rings. The van der Waals surface area contributed by atoms with Crippen molar-refractivity contribution in [3.63, 3.8) is 0 Å². The van der Waals surface area contributed by atoms with E-state index in [4.69, 9.17) is 9.05 Å². The maximum Gasteiger partial charge on any atom is 0.472 e. The van der Waals surface area contributed by atoms with E-state index in [1.54, 1.807) is 0 Å². The van der Waals surface area contributed by atoms with Crippen molar-refractivity contribution in [3.05, 3.63) is 24.3 Å². The molecule has 8 nitrogen and oxygen atoms in total. The zero-order valence-corrected chi connectivity index (χ0v) is 42.1. The molecule has 0 rings (SSSR count). The lowest BCUT2D eigenvalue weighted by molar-refractivity contribution is -0.870. The van der Waals surface area contributed by atoms with Crippen LogP contribution in [0.2, 0.25) is 0 Å². The van der Waals surface area contributed by atoms with Gasteiger partial charge < -0.3 is 19.8 Å². The minimum Gasteiger partial charge on any atom is -0.391 e. The zero-order chi connectivity index (χ0) is 45.0. The summed E-state index contributed by atoms with van der Waals surface area (Å²) in [6.07, 6.45) is 53.6. The standard InChI is InChI=1S/C52H103N2O6P/c1-6-8-10-12-14-16-18-20-22-23-24-25-26-27-28-29-30-31-32-34-36-38-40-42-44-46-52(56)53-50(49-60-61(57,58)59-48-47-54(3,4)5)51(55)45-43-41-39-37-35-33-21-19-17-15-13-11-9-7-2/h18,20,23-24,50-51,55H,6-17,19,21-22,25-49H2,1-5H3,(H-,53,56,57,58)/p+1/b20-18-,24-23-. The Kier molecular flexibility index (Phi) is 43.5. The molecule has 0 saturated carbocycles. The van der Waals surface area contributed by atoms with Crippen LogP contribution in [0.4, 0.5) is 0 Å². The zero-order valence-electron chi connectivity index (χ0n) is 41.2. The predicted octanol–water partition coefficient (Wildman–Crippen LogP) is 15.3. The van der Waals surface area contributed by atoms with Gasteiger partial charge in [0.25, 0.3) is 0 Å². The van der Waals surface area contributed by atoms with Crippen LogP contribution in [0, 0.1) is 0 Å². The van der Waals surface area contributed by atoms with Crippen molar-refractivity contribution in [3.8, 4) is 0 Å². The van der Waals surface area contributed by atoms with Crippen LogP contribution in [0.5, 0.6) is 0 Å². The number of carbonyl (C=O) groups excluding carboxylic acids is 1. The number of rotatable bonds is 48. The van der Waals surface area contributed by atoms with Gasteiger partial charge >= 0.3 is 7.82 Å². The van der Waals surface area contributed by atoms with E-state index in [-0.39, 0.29) is 19.1 Å². The third-order valence-corrected chi connectivity index (χ3v) is 12.9. The summed E-state index contributed by atoms with van der Waals surface area (Å²) in [5, 5.41) is 14.0. The van der Waals surface area contributed by atoms with Crippen LogP contribution >= 0.6 is 7.82 Å². The lowest BCUT2D eigenvalue weighted by atomic mass is 10.0. The first-order chi connectivity index (χ1) is 29.5. The fraction of sp³-hybridized carbons (Fsp3) is 0.904. The number of phosphoric acid groups is 1. The van der Waals surface area contributed by atoms with Gasteiger partial charge in [0.2, 0.25) is 5.91 Å². The number of nitrogens with zero attached hydrogens (tertiary/aromatic N) is 1. The maximum absolute atomic E-state index is 12.9. The van der Waals surface area contributed by atoms with Crippen LogP contribution in [-0.4, -0.2) is 73.4 Å². The molecule has 0 aromatic rings. The molecule has 0 heterocycles. The van der Waals surface area contributed by atoms with Crippen LogP contribution in [0.1, 0.15) is 251 Å². The van der Waals surface area contributed by atoms with Gasteiger partial charge in [-0.25, -0.2) is 4.57 Å². The number of hydrogen-bond donors (Lipinski definition) is 3. The molecule has 0 spiro atoms. The second-order valence-electron chi connectivity index (χ2n) is 19.3. The molecule has 1 amide bonds. The predicted molar refractivity (Wildman–Crippen MR) is 263 cm³/mol. The third kappa shape index (κ3) is 46.8. The average molecular weight is 884 g/mol. The number of nitrogens with one attached hydrogen (secondary N) is 1. The van der Waals surface area contributed by atoms with Gasteiger partial charge in [-0.15, -0.1) is 0 Å². The summed E-state index contributed by atoms with van der Waals surface area (Å²) in [7, 11) is 1.62. The van der Waals surface area contributed by atoms with Crippen molar-refractivity contribution in [2.45, 2.75) is 264 Å². The summed E-state index contributed by atoms with van der Waals surface area (Å²) in [6, 6.07) is -0.758. The third-order valence-electron chi connectivity index (χ3n) is 12.0. The number of unbranched alkanes of at least 4 members (excludes halogenated alkanes) is 31. The number of aliphatic hydroxyl groups is 1. The Balaban J connectivity index is 4.16. The van der Waals surface area contributed by atoms with Crippen molar-refractivity contribution in [2.24, 2.45) is 0 Å². The summed E-state index contributed by atoms with van der Waals surface area (Å²) >= 11 is 0. The van der Waals surface area contributed by atoms with E-state index in [2.05, 4.69) is 43.5 Å². The molecule has 3 unspecified atom stereocenters. The van der Waals surface area contributed by atoms with Crippen molar-refractivity contribution in [1.29, 1.82) is 0 Å². The Bertz CT molecular complexity index is 1050. The first-order valence-electron chi connectivity index (χ1n) is 26.2. The lowest BCUT2D eigenvalue weighted by Crippen LogP contribution is -2.46. The highest BCUT2D eigenvalue weighted by molar-refractivity contribution is 7.47. The smallest absolute Gasteiger partial charge is 0.391 e. The molecule has 0 radical (unpaired) electrons. The number of aliphatic hydroxyl groups excluding tert-OH is 1. The fourth-order valence-electron chi connectivity index (χ4n) is 7.78. The van der Waals surface area contributed by atoms with Crippen molar-refractivity contribution in [1.82, 2.24) is 5.32 Å². The van der Waals surface area contributed by atoms with E-state index in [9.17, 15) is 19.4 Å². The molecule has 0 aromatic heterocycles. The van der Waals surface area contributed by atoms with Gasteiger partial charge in [-0.3, -0.25) is 13.8 Å². The van der Waals surface area contributed by atoms with E-state index in [1.165, 1.54) is 180 Å². The highest BCUT2D eigenvalue weighted by Gasteiger charge is 2.28. The SMILES string of the molecule is CCCCCCC/C=C\C/C=C\CCCCCCCCCCCCCCCC(=O)NC(COP(=O)(O)OCC[N+](C)(C)C)C(O)CCCCCCCCCCCCCCCC. The first-order valence-corrected chi connectivity index (χ1v) is 27.7. The van der Waals surface area contributed by atoms with E-state index in [0.717, 1.165) is 44.9 Å². The Morgan fingerprint density at radius 1 is 0.557 bits per heavy atom. The van der Waals surface area contributed by atoms with Gasteiger partial charge in [0, 0.05) is 6.42 Å². The highest BCUT2D eigenvalue weighted by Crippen LogP contribution is 2.43. The van der Waals surface area contributed by atoms with Gasteiger partial charge in [-0.05, 0) is 44.9 Å². The molecule has 9 heteroatoms. The maximum atomic E-state index is 12.9. The molecular weight excluding hydrogens is 780 g/mol. The Hall–Kier alpha value is -1.02. The summed E-state index contributed by atoms with van der Waals surface area (Å²) in [5.74, 6) is -0.143. The molecule has 0 aliphatic heterocycles. The van der Waals surface area contributed by atoms with Crippen LogP contribution in [0.15, 0.2) is 24.3 Å². The number of hydrogen-bond acceptors (Lipinski definition) is 5. The van der Waals surface area contributed by atoms with Crippen LogP contribution in [-0.2, 0) is 18.4 Å². The van der Waals surface area contributed by atoms with E-state index < -0.39 is 20.0 Å². The van der Waals surface area contributed by atoms with Crippen molar-refractivity contribution >= 4 is 13.7 Å². The summed E-state index contributed by atoms with van der Waals surface area (Å²) in [5.41, 5.74) is 0. The van der Waals surface area contributed by atoms with E-state index in [1.807, 2.05) is 21.1 Å². The highest BCUT2D eigenvalue weighted by atomic mass is 31.2. The van der Waals surface area contributed by atoms with Crippen LogP contribution in [0.25, 0.3) is 0 Å². The number of phosphoric ester groups is 1. The average Bonchev–Trinajstić information content (AvgIpc) is 3.21. The quantitative estimate of drug-likeness (QED) is 0.0243. The number of allylic oxidation sites excluding steroid dienone is 4. The monoisotopic (exact) mass is 884 g/mol. The molecule has 3 N–H and O–H groups in total. The largest absolute Gasteiger partial charge is 0.472 e. The molecule has 3 atom stereocenters. The first kappa shape index (κ1) is 60.0. The number of quaternary nitrogens is 1. The van der Waals surface area contributed by atoms with Gasteiger partial charge in [0.15, 0.2) is 0 Å². The fourth-order valence-corrected chi connectivity index (χ4v) is 8.52. The van der Waals surface area contributed by atoms with Gasteiger partial charge in [-0.1, -0.05) is 224 Å². The topological polar surface area (TPSA) is 105 Å². The van der Waals surface area contributed by atoms with Crippen molar-refractivity contribution in [2.75, 3.05) is 40.9 Å². The van der Waals surface area contributed by atoms with Crippen LogP contribution in [0.3, 0.4) is 0 Å². The van der Waals surface area contributed by atoms with E-state index >= 15 is 0 Å². The summed E-state index contributed by atoms with van der Waals surface area (Å²) < 4.78 is 23.7. The lowest BCUT2D eigenvalue weighted by Gasteiger charge is -2.26. The molecule has 362 valence electrons. The molecular formula is C52H104N2O6P+. The van der Waals surface area contributed by atoms with Crippen molar-refractivity contribution < 1.29 is 32.9 Å². The Labute approximate surface area is 379 Å². The van der Waals surface area contributed by atoms with Gasteiger partial charge in [-0.2, -0.15) is 0 Å². The minimum atomic E-state index is -4.32.